The summed E-state index contributed by atoms with van der Waals surface area (Å²) in [7, 11) is 0. The molecule has 0 spiro atoms. The fourth-order valence-electron chi connectivity index (χ4n) is 2.49. The number of para-hydroxylation sites is 1. The lowest BCUT2D eigenvalue weighted by Gasteiger charge is -2.11. The summed E-state index contributed by atoms with van der Waals surface area (Å²) in [5, 5.41) is 9.40. The Morgan fingerprint density at radius 1 is 1.04 bits per heavy atom. The normalized spacial score (nSPS) is 10.5. The molecule has 2 aromatic carbocycles. The van der Waals surface area contributed by atoms with Crippen LogP contribution in [0.25, 0.3) is 5.69 Å². The molecule has 0 aliphatic carbocycles. The molecule has 1 heterocycles. The van der Waals surface area contributed by atoms with Crippen LogP contribution in [0.4, 0.5) is 0 Å². The number of aryl methyl sites for hydroxylation is 2. The predicted octanol–water partition coefficient (Wildman–Crippen LogP) is 3.09. The average molecular weight is 416 g/mol. The summed E-state index contributed by atoms with van der Waals surface area (Å²) >= 11 is 7.03. The fourth-order valence-corrected chi connectivity index (χ4v) is 3.41. The molecule has 0 saturated heterocycles. The molecule has 28 heavy (non-hydrogen) atoms. The zero-order valence-electron chi connectivity index (χ0n) is 15.3. The van der Waals surface area contributed by atoms with E-state index in [0.29, 0.717) is 15.7 Å². The Kier molecular flexibility index (Phi) is 6.33. The summed E-state index contributed by atoms with van der Waals surface area (Å²) in [6.07, 6.45) is 0. The Morgan fingerprint density at radius 3 is 2.46 bits per heavy atom. The summed E-state index contributed by atoms with van der Waals surface area (Å²) in [5.74, 6) is 0.0248. The van der Waals surface area contributed by atoms with Gasteiger partial charge in [0, 0.05) is 10.6 Å². The van der Waals surface area contributed by atoms with Gasteiger partial charge in [-0.05, 0) is 49.7 Å². The summed E-state index contributed by atoms with van der Waals surface area (Å²) in [4.78, 5) is 24.1. The third-order valence-electron chi connectivity index (χ3n) is 3.91. The van der Waals surface area contributed by atoms with Crippen molar-refractivity contribution in [3.05, 3.63) is 70.5 Å². The number of benzene rings is 2. The van der Waals surface area contributed by atoms with E-state index in [4.69, 9.17) is 11.6 Å². The number of rotatable bonds is 5. The maximum Gasteiger partial charge on any atom is 0.269 e. The first kappa shape index (κ1) is 19.9. The maximum absolute atomic E-state index is 12.1. The minimum atomic E-state index is -0.422. The number of hydrogen-bond donors (Lipinski definition) is 2. The van der Waals surface area contributed by atoms with Crippen LogP contribution in [-0.2, 0) is 4.79 Å². The topological polar surface area (TPSA) is 88.9 Å². The van der Waals surface area contributed by atoms with Gasteiger partial charge >= 0.3 is 0 Å². The third-order valence-corrected chi connectivity index (χ3v) is 5.09. The molecule has 3 aromatic rings. The number of halogens is 1. The van der Waals surface area contributed by atoms with Gasteiger partial charge in [-0.25, -0.2) is 0 Å². The van der Waals surface area contributed by atoms with Crippen molar-refractivity contribution in [2.75, 3.05) is 5.75 Å². The lowest BCUT2D eigenvalue weighted by atomic mass is 10.2. The number of amides is 2. The van der Waals surface area contributed by atoms with Gasteiger partial charge in [-0.15, -0.1) is 10.2 Å². The molecule has 7 nitrogen and oxygen atoms in total. The van der Waals surface area contributed by atoms with Gasteiger partial charge in [0.1, 0.15) is 5.82 Å². The van der Waals surface area contributed by atoms with E-state index in [1.165, 1.54) is 11.8 Å². The molecule has 2 N–H and O–H groups in total. The van der Waals surface area contributed by atoms with Crippen molar-refractivity contribution < 1.29 is 9.59 Å². The molecular weight excluding hydrogens is 398 g/mol. The van der Waals surface area contributed by atoms with Gasteiger partial charge < -0.3 is 0 Å². The Morgan fingerprint density at radius 2 is 1.75 bits per heavy atom. The maximum atomic E-state index is 12.1. The van der Waals surface area contributed by atoms with Crippen LogP contribution in [-0.4, -0.2) is 32.3 Å². The van der Waals surface area contributed by atoms with Crippen molar-refractivity contribution >= 4 is 35.2 Å². The lowest BCUT2D eigenvalue weighted by molar-refractivity contribution is -0.119. The summed E-state index contributed by atoms with van der Waals surface area (Å²) < 4.78 is 1.90. The van der Waals surface area contributed by atoms with Crippen molar-refractivity contribution in [3.63, 3.8) is 0 Å². The predicted molar refractivity (Wildman–Crippen MR) is 109 cm³/mol. The second-order valence-electron chi connectivity index (χ2n) is 5.95. The lowest BCUT2D eigenvalue weighted by Crippen LogP contribution is -2.42. The van der Waals surface area contributed by atoms with Crippen LogP contribution in [0, 0.1) is 13.8 Å². The van der Waals surface area contributed by atoms with Crippen molar-refractivity contribution in [2.45, 2.75) is 19.0 Å². The van der Waals surface area contributed by atoms with Crippen molar-refractivity contribution in [2.24, 2.45) is 0 Å². The molecule has 0 atom stereocenters. The van der Waals surface area contributed by atoms with E-state index in [9.17, 15) is 9.59 Å². The first-order valence-electron chi connectivity index (χ1n) is 8.41. The highest BCUT2D eigenvalue weighted by Gasteiger charge is 2.15. The summed E-state index contributed by atoms with van der Waals surface area (Å²) in [6.45, 7) is 3.86. The monoisotopic (exact) mass is 415 g/mol. The fraction of sp³-hybridized carbons (Fsp3) is 0.158. The molecule has 0 fully saturated rings. The molecule has 3 rings (SSSR count). The van der Waals surface area contributed by atoms with Crippen LogP contribution in [0.5, 0.6) is 0 Å². The molecule has 0 radical (unpaired) electrons. The molecular formula is C19H18ClN5O2S. The van der Waals surface area contributed by atoms with E-state index in [2.05, 4.69) is 21.0 Å². The van der Waals surface area contributed by atoms with Crippen molar-refractivity contribution in [1.82, 2.24) is 25.6 Å². The number of aromatic nitrogens is 3. The van der Waals surface area contributed by atoms with E-state index in [1.54, 1.807) is 24.3 Å². The Labute approximate surface area is 171 Å². The van der Waals surface area contributed by atoms with Gasteiger partial charge in [0.25, 0.3) is 5.91 Å². The third kappa shape index (κ3) is 4.71. The van der Waals surface area contributed by atoms with Crippen molar-refractivity contribution in [1.29, 1.82) is 0 Å². The first-order chi connectivity index (χ1) is 13.5. The smallest absolute Gasteiger partial charge is 0.269 e. The van der Waals surface area contributed by atoms with E-state index >= 15 is 0 Å². The highest BCUT2D eigenvalue weighted by atomic mass is 35.5. The molecule has 0 aliphatic heterocycles. The highest BCUT2D eigenvalue weighted by molar-refractivity contribution is 7.99. The van der Waals surface area contributed by atoms with Crippen LogP contribution >= 0.6 is 23.4 Å². The largest absolute Gasteiger partial charge is 0.274 e. The van der Waals surface area contributed by atoms with Gasteiger partial charge in [-0.2, -0.15) is 0 Å². The molecule has 144 valence electrons. The van der Waals surface area contributed by atoms with Crippen LogP contribution in [0.2, 0.25) is 5.02 Å². The molecule has 2 amide bonds. The first-order valence-corrected chi connectivity index (χ1v) is 9.77. The van der Waals surface area contributed by atoms with Crippen LogP contribution in [0.3, 0.4) is 0 Å². The molecule has 9 heteroatoms. The molecule has 0 unspecified atom stereocenters. The zero-order valence-corrected chi connectivity index (χ0v) is 16.8. The van der Waals surface area contributed by atoms with Gasteiger partial charge in [0.2, 0.25) is 5.91 Å². The van der Waals surface area contributed by atoms with E-state index in [0.717, 1.165) is 17.1 Å². The second-order valence-corrected chi connectivity index (χ2v) is 7.33. The number of carbonyl (C=O) groups is 2. The van der Waals surface area contributed by atoms with E-state index < -0.39 is 5.91 Å². The zero-order chi connectivity index (χ0) is 20.1. The average Bonchev–Trinajstić information content (AvgIpc) is 3.05. The van der Waals surface area contributed by atoms with E-state index in [-0.39, 0.29) is 11.7 Å². The molecule has 0 aliphatic rings. The Hall–Kier alpha value is -2.84. The number of hydrazine groups is 1. The molecule has 1 aromatic heterocycles. The number of nitrogens with one attached hydrogen (secondary N) is 2. The molecule has 0 bridgehead atoms. The number of nitrogens with zero attached hydrogens (tertiary/aromatic N) is 3. The standard InChI is InChI=1S/C19H18ClN5O2S/c1-12-5-3-4-6-16(12)25-13(2)21-24-19(25)28-11-17(26)22-23-18(27)14-7-9-15(20)10-8-14/h3-10H,11H2,1-2H3,(H,22,26)(H,23,27). The van der Waals surface area contributed by atoms with Gasteiger partial charge in [-0.1, -0.05) is 41.6 Å². The minimum Gasteiger partial charge on any atom is -0.274 e. The van der Waals surface area contributed by atoms with Crippen LogP contribution < -0.4 is 10.9 Å². The quantitative estimate of drug-likeness (QED) is 0.493. The Bertz CT molecular complexity index is 1000. The minimum absolute atomic E-state index is 0.0743. The van der Waals surface area contributed by atoms with E-state index in [1.807, 2.05) is 42.7 Å². The number of thioether (sulfide) groups is 1. The van der Waals surface area contributed by atoms with Crippen LogP contribution in [0.15, 0.2) is 53.7 Å². The van der Waals surface area contributed by atoms with Gasteiger partial charge in [0.05, 0.1) is 11.4 Å². The SMILES string of the molecule is Cc1ccccc1-n1c(C)nnc1SCC(=O)NNC(=O)c1ccc(Cl)cc1. The number of carbonyl (C=O) groups excluding carboxylic acids is 2. The summed E-state index contributed by atoms with van der Waals surface area (Å²) in [5.41, 5.74) is 7.20. The van der Waals surface area contributed by atoms with Gasteiger partial charge in [0.15, 0.2) is 5.16 Å². The number of hydrogen-bond acceptors (Lipinski definition) is 5. The Balaban J connectivity index is 1.59. The summed E-state index contributed by atoms with van der Waals surface area (Å²) in [6, 6.07) is 14.2. The molecule has 0 saturated carbocycles. The second kappa shape index (κ2) is 8.90. The van der Waals surface area contributed by atoms with Crippen LogP contribution in [0.1, 0.15) is 21.7 Å². The highest BCUT2D eigenvalue weighted by Crippen LogP contribution is 2.23. The van der Waals surface area contributed by atoms with Gasteiger partial charge in [-0.3, -0.25) is 25.0 Å². The van der Waals surface area contributed by atoms with Crippen molar-refractivity contribution in [3.8, 4) is 5.69 Å².